The topological polar surface area (TPSA) is 46.6 Å². The van der Waals surface area contributed by atoms with Gasteiger partial charge in [0.1, 0.15) is 6.54 Å². The third-order valence-electron chi connectivity index (χ3n) is 6.74. The molecule has 5 rings (SSSR count). The van der Waals surface area contributed by atoms with E-state index in [0.717, 1.165) is 30.7 Å². The average Bonchev–Trinajstić information content (AvgIpc) is 2.64. The minimum atomic E-state index is -0.306. The van der Waals surface area contributed by atoms with Gasteiger partial charge in [0, 0.05) is 18.5 Å². The van der Waals surface area contributed by atoms with Crippen molar-refractivity contribution in [3.8, 4) is 0 Å². The van der Waals surface area contributed by atoms with E-state index in [-0.39, 0.29) is 18.4 Å². The zero-order chi connectivity index (χ0) is 18.3. The lowest BCUT2D eigenvalue weighted by atomic mass is 9.48. The quantitative estimate of drug-likeness (QED) is 0.600. The number of amides is 1. The van der Waals surface area contributed by atoms with E-state index in [1.165, 1.54) is 12.0 Å². The maximum atomic E-state index is 12.5. The molecule has 1 heterocycles. The molecule has 26 heavy (non-hydrogen) atoms. The number of allylic oxidation sites excluding steroid dienone is 1. The molecule has 2 bridgehead atoms. The predicted molar refractivity (Wildman–Crippen MR) is 99.7 cm³/mol. The van der Waals surface area contributed by atoms with E-state index in [1.54, 1.807) is 4.90 Å². The highest BCUT2D eigenvalue weighted by atomic mass is 16.5. The largest absolute Gasteiger partial charge is 0.464 e. The summed E-state index contributed by atoms with van der Waals surface area (Å²) in [6, 6.07) is 7.62. The van der Waals surface area contributed by atoms with Crippen LogP contribution in [0.15, 0.2) is 35.9 Å². The summed E-state index contributed by atoms with van der Waals surface area (Å²) in [5.41, 5.74) is 3.63. The van der Waals surface area contributed by atoms with Gasteiger partial charge in [0.15, 0.2) is 0 Å². The maximum Gasteiger partial charge on any atom is 0.325 e. The number of esters is 1. The maximum absolute atomic E-state index is 12.5. The first-order chi connectivity index (χ1) is 12.5. The Morgan fingerprint density at radius 3 is 2.88 bits per heavy atom. The van der Waals surface area contributed by atoms with Crippen molar-refractivity contribution in [2.75, 3.05) is 19.7 Å². The molecule has 0 unspecified atom stereocenters. The first-order valence-electron chi connectivity index (χ1n) is 9.68. The van der Waals surface area contributed by atoms with Crippen LogP contribution in [0.1, 0.15) is 49.0 Å². The van der Waals surface area contributed by atoms with Crippen molar-refractivity contribution in [2.24, 2.45) is 17.3 Å². The van der Waals surface area contributed by atoms with E-state index in [4.69, 9.17) is 4.74 Å². The summed E-state index contributed by atoms with van der Waals surface area (Å²) in [4.78, 5) is 26.3. The number of hydrogen-bond acceptors (Lipinski definition) is 3. The fraction of sp³-hybridized carbons (Fsp3) is 0.545. The van der Waals surface area contributed by atoms with Crippen LogP contribution in [0.2, 0.25) is 0 Å². The van der Waals surface area contributed by atoms with Gasteiger partial charge >= 0.3 is 5.97 Å². The second-order valence-corrected chi connectivity index (χ2v) is 8.43. The molecule has 1 amide bonds. The highest BCUT2D eigenvalue weighted by molar-refractivity contribution is 5.98. The van der Waals surface area contributed by atoms with Gasteiger partial charge in [-0.3, -0.25) is 9.59 Å². The zero-order valence-electron chi connectivity index (χ0n) is 15.7. The summed E-state index contributed by atoms with van der Waals surface area (Å²) in [5, 5.41) is 0. The van der Waals surface area contributed by atoms with Gasteiger partial charge in [0.25, 0.3) is 5.91 Å². The third kappa shape index (κ3) is 2.95. The molecule has 1 aliphatic heterocycles. The van der Waals surface area contributed by atoms with Crippen molar-refractivity contribution in [1.29, 1.82) is 0 Å². The smallest absolute Gasteiger partial charge is 0.325 e. The number of nitrogens with zero attached hydrogens (tertiary/aromatic N) is 1. The van der Waals surface area contributed by atoms with Crippen LogP contribution in [0.5, 0.6) is 0 Å². The summed E-state index contributed by atoms with van der Waals surface area (Å²) < 4.78 is 5.44. The molecular weight excluding hydrogens is 326 g/mol. The average molecular weight is 353 g/mol. The molecule has 1 saturated carbocycles. The fourth-order valence-corrected chi connectivity index (χ4v) is 4.87. The van der Waals surface area contributed by atoms with Gasteiger partial charge < -0.3 is 9.64 Å². The van der Waals surface area contributed by atoms with Gasteiger partial charge in [0.2, 0.25) is 0 Å². The number of carbonyl (C=O) groups excluding carboxylic acids is 2. The Morgan fingerprint density at radius 1 is 1.31 bits per heavy atom. The summed E-state index contributed by atoms with van der Waals surface area (Å²) in [7, 11) is 0. The lowest BCUT2D eigenvalue weighted by Gasteiger charge is -2.56. The molecular formula is C22H27NO3. The monoisotopic (exact) mass is 353 g/mol. The van der Waals surface area contributed by atoms with Gasteiger partial charge in [-0.15, -0.1) is 0 Å². The van der Waals surface area contributed by atoms with Crippen molar-refractivity contribution < 1.29 is 14.3 Å². The number of fused-ring (bicyclic) bond motifs is 2. The summed E-state index contributed by atoms with van der Waals surface area (Å²) in [6.07, 6.45) is 6.41. The molecule has 2 atom stereocenters. The van der Waals surface area contributed by atoms with Gasteiger partial charge in [0.05, 0.1) is 6.61 Å². The summed E-state index contributed by atoms with van der Waals surface area (Å²) in [6.45, 7) is 5.74. The van der Waals surface area contributed by atoms with Crippen LogP contribution in [-0.2, 0) is 16.0 Å². The molecule has 138 valence electrons. The van der Waals surface area contributed by atoms with Crippen molar-refractivity contribution in [3.63, 3.8) is 0 Å². The Bertz CT molecular complexity index is 764. The van der Waals surface area contributed by atoms with E-state index in [2.05, 4.69) is 19.9 Å². The molecule has 3 aliphatic carbocycles. The van der Waals surface area contributed by atoms with Gasteiger partial charge in [-0.2, -0.15) is 0 Å². The van der Waals surface area contributed by atoms with E-state index in [1.807, 2.05) is 24.3 Å². The molecule has 4 nitrogen and oxygen atoms in total. The van der Waals surface area contributed by atoms with Crippen molar-refractivity contribution >= 4 is 11.9 Å². The Kier molecular flexibility index (Phi) is 4.37. The van der Waals surface area contributed by atoms with Crippen molar-refractivity contribution in [1.82, 2.24) is 4.90 Å². The summed E-state index contributed by atoms with van der Waals surface area (Å²) >= 11 is 0. The Morgan fingerprint density at radius 2 is 2.12 bits per heavy atom. The Balaban J connectivity index is 1.26. The zero-order valence-corrected chi connectivity index (χ0v) is 15.7. The van der Waals surface area contributed by atoms with E-state index in [9.17, 15) is 9.59 Å². The lowest BCUT2D eigenvalue weighted by Crippen LogP contribution is -2.48. The minimum absolute atomic E-state index is 0.0449. The number of benzene rings is 1. The molecule has 0 radical (unpaired) electrons. The van der Waals surface area contributed by atoms with E-state index in [0.29, 0.717) is 30.0 Å². The Labute approximate surface area is 155 Å². The lowest BCUT2D eigenvalue weighted by molar-refractivity contribution is -0.144. The molecule has 0 spiro atoms. The first-order valence-corrected chi connectivity index (χ1v) is 9.68. The number of hydrogen-bond donors (Lipinski definition) is 0. The number of rotatable bonds is 5. The molecule has 4 heteroatoms. The van der Waals surface area contributed by atoms with Gasteiger partial charge in [-0.25, -0.2) is 0 Å². The molecule has 1 fully saturated rings. The standard InChI is InChI=1S/C22H27NO3/c1-22(2)17-8-7-16(19(22)13-17)10-12-26-20(24)14-23-11-9-15-5-3-4-6-18(15)21(23)25/h3-7,17,19H,8-14H2,1-2H3/t17-,19-/m0/s1. The highest BCUT2D eigenvalue weighted by Gasteiger charge is 2.50. The van der Waals surface area contributed by atoms with Crippen molar-refractivity contribution in [2.45, 2.75) is 39.5 Å². The third-order valence-corrected chi connectivity index (χ3v) is 6.74. The molecule has 0 aromatic heterocycles. The number of carbonyl (C=O) groups is 2. The van der Waals surface area contributed by atoms with Crippen LogP contribution >= 0.6 is 0 Å². The molecule has 0 saturated heterocycles. The molecule has 1 aromatic carbocycles. The number of ether oxygens (including phenoxy) is 1. The predicted octanol–water partition coefficient (Wildman–Crippen LogP) is 3.61. The SMILES string of the molecule is CC1(C)[C@H]2CC=C(CCOC(=O)CN3CCc4ccccc4C3=O)[C@@H]1C2. The van der Waals surface area contributed by atoms with E-state index >= 15 is 0 Å². The minimum Gasteiger partial charge on any atom is -0.464 e. The second kappa shape index (κ2) is 6.57. The summed E-state index contributed by atoms with van der Waals surface area (Å²) in [5.74, 6) is 1.10. The fourth-order valence-electron chi connectivity index (χ4n) is 4.87. The van der Waals surface area contributed by atoms with Crippen LogP contribution in [0.4, 0.5) is 0 Å². The van der Waals surface area contributed by atoms with Gasteiger partial charge in [-0.1, -0.05) is 43.7 Å². The normalized spacial score (nSPS) is 25.8. The van der Waals surface area contributed by atoms with Crippen LogP contribution in [0.3, 0.4) is 0 Å². The van der Waals surface area contributed by atoms with Gasteiger partial charge in [-0.05, 0) is 48.1 Å². The van der Waals surface area contributed by atoms with Crippen LogP contribution < -0.4 is 0 Å². The highest BCUT2D eigenvalue weighted by Crippen LogP contribution is 2.59. The molecule has 4 aliphatic rings. The Hall–Kier alpha value is -2.10. The van der Waals surface area contributed by atoms with Crippen LogP contribution in [-0.4, -0.2) is 36.5 Å². The van der Waals surface area contributed by atoms with Crippen LogP contribution in [0.25, 0.3) is 0 Å². The molecule has 1 aromatic rings. The first kappa shape index (κ1) is 17.3. The van der Waals surface area contributed by atoms with Crippen LogP contribution in [0, 0.1) is 17.3 Å². The van der Waals surface area contributed by atoms with Crippen molar-refractivity contribution in [3.05, 3.63) is 47.0 Å². The van der Waals surface area contributed by atoms with E-state index < -0.39 is 0 Å². The molecule has 0 N–H and O–H groups in total. The second-order valence-electron chi connectivity index (χ2n) is 8.43.